The Morgan fingerprint density at radius 2 is 0.927 bits per heavy atom. The largest absolute Gasteiger partial charge is 0.456 e. The number of furan rings is 1. The first-order valence-corrected chi connectivity index (χ1v) is 18.6. The molecule has 2 aromatic heterocycles. The average molecular weight is 701 g/mol. The first kappa shape index (κ1) is 31.2. The minimum Gasteiger partial charge on any atom is -0.456 e. The van der Waals surface area contributed by atoms with Crippen LogP contribution in [0.15, 0.2) is 199 Å². The monoisotopic (exact) mass is 700 g/mol. The summed E-state index contributed by atoms with van der Waals surface area (Å²) < 4.78 is 6.32. The second-order valence-corrected chi connectivity index (χ2v) is 14.1. The number of para-hydroxylation sites is 1. The molecule has 3 heteroatoms. The lowest BCUT2D eigenvalue weighted by atomic mass is 9.89. The Hall–Kier alpha value is -7.36. The minimum absolute atomic E-state index is 0.667. The minimum atomic E-state index is 0.667. The number of hydrogen-bond donors (Lipinski definition) is 0. The summed E-state index contributed by atoms with van der Waals surface area (Å²) in [4.78, 5) is 10.5. The predicted molar refractivity (Wildman–Crippen MR) is 229 cm³/mol. The third-order valence-electron chi connectivity index (χ3n) is 10.9. The molecule has 0 aliphatic heterocycles. The van der Waals surface area contributed by atoms with Crippen LogP contribution in [0.5, 0.6) is 0 Å². The van der Waals surface area contributed by atoms with Crippen LogP contribution in [0, 0.1) is 0 Å². The van der Waals surface area contributed by atoms with Crippen molar-refractivity contribution in [2.45, 2.75) is 0 Å². The van der Waals surface area contributed by atoms with Gasteiger partial charge >= 0.3 is 0 Å². The molecule has 2 heterocycles. The normalized spacial score (nSPS) is 11.6. The van der Waals surface area contributed by atoms with E-state index in [2.05, 4.69) is 170 Å². The van der Waals surface area contributed by atoms with Crippen molar-refractivity contribution in [1.82, 2.24) is 9.97 Å². The number of fused-ring (bicyclic) bond motifs is 7. The van der Waals surface area contributed by atoms with Crippen LogP contribution < -0.4 is 0 Å². The first-order chi connectivity index (χ1) is 27.2. The molecule has 0 saturated heterocycles. The number of nitrogens with zero attached hydrogens (tertiary/aromatic N) is 2. The van der Waals surface area contributed by atoms with Gasteiger partial charge in [-0.3, -0.25) is 0 Å². The molecule has 9 aromatic carbocycles. The molecule has 0 radical (unpaired) electrons. The highest BCUT2D eigenvalue weighted by Crippen LogP contribution is 2.41. The van der Waals surface area contributed by atoms with E-state index in [4.69, 9.17) is 14.4 Å². The summed E-state index contributed by atoms with van der Waals surface area (Å²) in [6.45, 7) is 0. The Morgan fingerprint density at radius 1 is 0.309 bits per heavy atom. The summed E-state index contributed by atoms with van der Waals surface area (Å²) in [5.74, 6) is 0.667. The van der Waals surface area contributed by atoms with Gasteiger partial charge in [-0.25, -0.2) is 9.97 Å². The van der Waals surface area contributed by atoms with Crippen LogP contribution >= 0.6 is 0 Å². The molecule has 0 spiro atoms. The van der Waals surface area contributed by atoms with Gasteiger partial charge in [0.2, 0.25) is 0 Å². The third-order valence-corrected chi connectivity index (χ3v) is 10.9. The molecular formula is C52H32N2O. The Balaban J connectivity index is 1.09. The Kier molecular flexibility index (Phi) is 7.17. The maximum atomic E-state index is 6.32. The number of rotatable bonds is 5. The molecule has 0 fully saturated rings. The van der Waals surface area contributed by atoms with E-state index >= 15 is 0 Å². The van der Waals surface area contributed by atoms with Gasteiger partial charge in [-0.05, 0) is 84.9 Å². The highest BCUT2D eigenvalue weighted by molar-refractivity contribution is 6.20. The Bertz CT molecular complexity index is 3250. The molecule has 55 heavy (non-hydrogen) atoms. The zero-order chi connectivity index (χ0) is 36.3. The third kappa shape index (κ3) is 5.28. The van der Waals surface area contributed by atoms with Crippen molar-refractivity contribution in [3.05, 3.63) is 194 Å². The molecule has 0 saturated carbocycles. The molecule has 0 atom stereocenters. The van der Waals surface area contributed by atoms with Gasteiger partial charge in [-0.1, -0.05) is 164 Å². The fraction of sp³-hybridized carbons (Fsp3) is 0. The second kappa shape index (κ2) is 12.6. The fourth-order valence-corrected chi connectivity index (χ4v) is 8.24. The zero-order valence-electron chi connectivity index (χ0n) is 29.8. The zero-order valence-corrected chi connectivity index (χ0v) is 29.8. The van der Waals surface area contributed by atoms with Crippen molar-refractivity contribution < 1.29 is 4.42 Å². The highest BCUT2D eigenvalue weighted by atomic mass is 16.3. The van der Waals surface area contributed by atoms with Crippen molar-refractivity contribution in [3.8, 4) is 56.2 Å². The van der Waals surface area contributed by atoms with Crippen LogP contribution in [0.2, 0.25) is 0 Å². The van der Waals surface area contributed by atoms with Crippen LogP contribution in [-0.4, -0.2) is 9.97 Å². The van der Waals surface area contributed by atoms with Crippen molar-refractivity contribution in [2.24, 2.45) is 0 Å². The smallest absolute Gasteiger partial charge is 0.160 e. The van der Waals surface area contributed by atoms with Gasteiger partial charge in [-0.15, -0.1) is 0 Å². The predicted octanol–water partition coefficient (Wildman–Crippen LogP) is 14.2. The molecular weight excluding hydrogens is 669 g/mol. The first-order valence-electron chi connectivity index (χ1n) is 18.6. The maximum Gasteiger partial charge on any atom is 0.160 e. The summed E-state index contributed by atoms with van der Waals surface area (Å²) in [6, 6.07) is 68.6. The number of aromatic nitrogens is 2. The van der Waals surface area contributed by atoms with E-state index in [1.807, 2.05) is 24.3 Å². The van der Waals surface area contributed by atoms with Crippen LogP contribution in [-0.2, 0) is 0 Å². The molecule has 0 aliphatic rings. The van der Waals surface area contributed by atoms with E-state index in [1.165, 1.54) is 37.9 Å². The van der Waals surface area contributed by atoms with Gasteiger partial charge in [0, 0.05) is 27.5 Å². The molecule has 0 amide bonds. The highest BCUT2D eigenvalue weighted by Gasteiger charge is 2.17. The SMILES string of the molecule is c1ccc(-c2ccccc2-c2cc(-c3ccc4c(c3)oc3ccccc34)nc(-c3ccc(-c4c5ccccc5cc5c4ccc4ccccc45)cc3)n2)cc1. The number of hydrogen-bond acceptors (Lipinski definition) is 3. The molecule has 11 rings (SSSR count). The molecule has 0 aliphatic carbocycles. The van der Waals surface area contributed by atoms with E-state index in [0.29, 0.717) is 5.82 Å². The van der Waals surface area contributed by atoms with Crippen molar-refractivity contribution in [2.75, 3.05) is 0 Å². The van der Waals surface area contributed by atoms with E-state index < -0.39 is 0 Å². The summed E-state index contributed by atoms with van der Waals surface area (Å²) in [7, 11) is 0. The fourth-order valence-electron chi connectivity index (χ4n) is 8.24. The average Bonchev–Trinajstić information content (AvgIpc) is 3.64. The van der Waals surface area contributed by atoms with E-state index in [1.54, 1.807) is 0 Å². The lowest BCUT2D eigenvalue weighted by Gasteiger charge is -2.15. The maximum absolute atomic E-state index is 6.32. The molecule has 3 nitrogen and oxygen atoms in total. The summed E-state index contributed by atoms with van der Waals surface area (Å²) in [6.07, 6.45) is 0. The van der Waals surface area contributed by atoms with Crippen LogP contribution in [0.1, 0.15) is 0 Å². The van der Waals surface area contributed by atoms with Gasteiger partial charge in [0.1, 0.15) is 11.2 Å². The van der Waals surface area contributed by atoms with Crippen LogP contribution in [0.3, 0.4) is 0 Å². The molecule has 0 unspecified atom stereocenters. The van der Waals surface area contributed by atoms with E-state index in [0.717, 1.165) is 66.7 Å². The Labute approximate surface area is 317 Å². The van der Waals surface area contributed by atoms with Crippen molar-refractivity contribution in [1.29, 1.82) is 0 Å². The van der Waals surface area contributed by atoms with Crippen molar-refractivity contribution >= 4 is 54.3 Å². The lowest BCUT2D eigenvalue weighted by molar-refractivity contribution is 0.669. The molecule has 256 valence electrons. The quantitative estimate of drug-likeness (QED) is 0.133. The van der Waals surface area contributed by atoms with Crippen LogP contribution in [0.4, 0.5) is 0 Å². The van der Waals surface area contributed by atoms with Gasteiger partial charge < -0.3 is 4.42 Å². The molecule has 0 N–H and O–H groups in total. The number of benzene rings is 9. The van der Waals surface area contributed by atoms with Gasteiger partial charge in [0.15, 0.2) is 5.82 Å². The van der Waals surface area contributed by atoms with Crippen molar-refractivity contribution in [3.63, 3.8) is 0 Å². The van der Waals surface area contributed by atoms with E-state index in [-0.39, 0.29) is 0 Å². The topological polar surface area (TPSA) is 38.9 Å². The van der Waals surface area contributed by atoms with E-state index in [9.17, 15) is 0 Å². The molecule has 0 bridgehead atoms. The van der Waals surface area contributed by atoms with Crippen LogP contribution in [0.25, 0.3) is 110 Å². The van der Waals surface area contributed by atoms with Gasteiger partial charge in [0.05, 0.1) is 11.4 Å². The molecule has 11 aromatic rings. The van der Waals surface area contributed by atoms with Gasteiger partial charge in [0.25, 0.3) is 0 Å². The summed E-state index contributed by atoms with van der Waals surface area (Å²) in [5, 5.41) is 9.66. The van der Waals surface area contributed by atoms with Gasteiger partial charge in [-0.2, -0.15) is 0 Å². The summed E-state index contributed by atoms with van der Waals surface area (Å²) >= 11 is 0. The lowest BCUT2D eigenvalue weighted by Crippen LogP contribution is -1.97. The second-order valence-electron chi connectivity index (χ2n) is 14.1. The Morgan fingerprint density at radius 3 is 1.78 bits per heavy atom. The standard InChI is InChI=1S/C52H32N2O/c1-2-12-33(13-3-1)39-16-8-9-19-42(39)48-32-47(38-27-28-44-43-20-10-11-21-49(43)55-50(44)31-38)53-52(54-48)36-24-22-35(23-25-36)51-41-18-7-5-15-37(41)30-46-40-17-6-4-14-34(40)26-29-45(46)51/h1-32H. The summed E-state index contributed by atoms with van der Waals surface area (Å²) in [5.41, 5.74) is 11.0.